The fourth-order valence-electron chi connectivity index (χ4n) is 0. The summed E-state index contributed by atoms with van der Waals surface area (Å²) in [5.74, 6) is 0.799. The van der Waals surface area contributed by atoms with E-state index in [0.717, 1.165) is 5.82 Å². The fourth-order valence-corrected chi connectivity index (χ4v) is 0. The largest absolute Gasteiger partial charge is 0.105 e. The van der Waals surface area contributed by atoms with Crippen molar-refractivity contribution in [2.75, 3.05) is 0 Å². The molecule has 1 unspecified atom stereocenters. The van der Waals surface area contributed by atoms with Crippen molar-refractivity contribution in [2.24, 2.45) is 5.41 Å². The average molecular weight is 98.0 g/mol. The van der Waals surface area contributed by atoms with Gasteiger partial charge in [0.2, 0.25) is 0 Å². The van der Waals surface area contributed by atoms with Crippen molar-refractivity contribution in [2.45, 2.75) is 33.5 Å². The lowest BCUT2D eigenvalue weighted by atomic mass is 9.70. The maximum absolute atomic E-state index is 2.26. The van der Waals surface area contributed by atoms with Crippen LogP contribution in [0.1, 0.15) is 27.7 Å². The molecule has 0 aromatic carbocycles. The molecule has 0 fully saturated rings. The van der Waals surface area contributed by atoms with Crippen LogP contribution in [0.4, 0.5) is 0 Å². The molecule has 0 aliphatic heterocycles. The Labute approximate surface area is 47.7 Å². The normalized spacial score (nSPS) is 16.6. The average Bonchev–Trinajstić information content (AvgIpc) is 1.31. The highest BCUT2D eigenvalue weighted by atomic mass is 14.1. The fraction of sp³-hybridized carbons (Fsp3) is 1.00. The van der Waals surface area contributed by atoms with Gasteiger partial charge in [0.1, 0.15) is 7.85 Å². The Hall–Kier alpha value is 0.0649. The Morgan fingerprint density at radius 2 is 1.43 bits per heavy atom. The van der Waals surface area contributed by atoms with E-state index in [1.807, 2.05) is 0 Å². The predicted molar refractivity (Wildman–Crippen MR) is 37.4 cm³/mol. The Balaban J connectivity index is 3.54. The van der Waals surface area contributed by atoms with Crippen molar-refractivity contribution in [3.63, 3.8) is 0 Å². The molecule has 0 aliphatic rings. The van der Waals surface area contributed by atoms with Crippen LogP contribution in [0.2, 0.25) is 5.82 Å². The Bertz CT molecular complexity index is 49.7. The lowest BCUT2D eigenvalue weighted by Gasteiger charge is -2.22. The van der Waals surface area contributed by atoms with Crippen molar-refractivity contribution in [3.8, 4) is 0 Å². The summed E-state index contributed by atoms with van der Waals surface area (Å²) in [4.78, 5) is 0. The zero-order valence-electron chi connectivity index (χ0n) is 6.08. The van der Waals surface area contributed by atoms with E-state index in [2.05, 4.69) is 35.5 Å². The third-order valence-corrected chi connectivity index (χ3v) is 1.73. The van der Waals surface area contributed by atoms with Gasteiger partial charge in [-0.1, -0.05) is 33.5 Å². The van der Waals surface area contributed by atoms with Gasteiger partial charge in [-0.25, -0.2) is 0 Å². The molecule has 7 heavy (non-hydrogen) atoms. The molecule has 0 N–H and O–H groups in total. The maximum Gasteiger partial charge on any atom is 0.105 e. The molecule has 0 rings (SSSR count). The SMILES string of the molecule is BC(C)C(C)(C)C. The zero-order valence-corrected chi connectivity index (χ0v) is 6.08. The molecule has 0 saturated carbocycles. The molecule has 1 heteroatoms. The third kappa shape index (κ3) is 2.72. The lowest BCUT2D eigenvalue weighted by Crippen LogP contribution is -2.10. The summed E-state index contributed by atoms with van der Waals surface area (Å²) in [5, 5.41) is 0. The summed E-state index contributed by atoms with van der Waals surface area (Å²) in [6, 6.07) is 0. The molecule has 0 amide bonds. The van der Waals surface area contributed by atoms with Crippen LogP contribution in [0.25, 0.3) is 0 Å². The molecule has 42 valence electrons. The van der Waals surface area contributed by atoms with Gasteiger partial charge < -0.3 is 0 Å². The second-order valence-electron chi connectivity index (χ2n) is 3.52. The van der Waals surface area contributed by atoms with Crippen LogP contribution >= 0.6 is 0 Å². The van der Waals surface area contributed by atoms with Gasteiger partial charge in [-0.2, -0.15) is 0 Å². The molecule has 0 aliphatic carbocycles. The number of hydrogen-bond donors (Lipinski definition) is 0. The molecule has 0 spiro atoms. The lowest BCUT2D eigenvalue weighted by molar-refractivity contribution is 0.398. The third-order valence-electron chi connectivity index (χ3n) is 1.73. The van der Waals surface area contributed by atoms with Gasteiger partial charge in [0.05, 0.1) is 0 Å². The topological polar surface area (TPSA) is 0 Å². The smallest absolute Gasteiger partial charge is 0.0692 e. The van der Waals surface area contributed by atoms with Gasteiger partial charge in [-0.15, -0.1) is 0 Å². The van der Waals surface area contributed by atoms with Crippen LogP contribution < -0.4 is 0 Å². The second kappa shape index (κ2) is 1.89. The van der Waals surface area contributed by atoms with Crippen molar-refractivity contribution in [1.29, 1.82) is 0 Å². The van der Waals surface area contributed by atoms with Crippen molar-refractivity contribution < 1.29 is 0 Å². The highest BCUT2D eigenvalue weighted by molar-refractivity contribution is 6.11. The number of hydrogen-bond acceptors (Lipinski definition) is 0. The molecule has 0 aromatic rings. The first-order valence-corrected chi connectivity index (χ1v) is 2.94. The number of rotatable bonds is 0. The Morgan fingerprint density at radius 3 is 1.43 bits per heavy atom. The standard InChI is InChI=1S/C6H15B/c1-5(7)6(2,3)4/h5H,7H2,1-4H3. The first kappa shape index (κ1) is 7.06. The monoisotopic (exact) mass is 98.1 g/mol. The van der Waals surface area contributed by atoms with Gasteiger partial charge in [-0.05, 0) is 5.41 Å². The van der Waals surface area contributed by atoms with Crippen molar-refractivity contribution >= 4 is 7.85 Å². The van der Waals surface area contributed by atoms with Crippen LogP contribution in [0.15, 0.2) is 0 Å². The minimum absolute atomic E-state index is 0.500. The molecule has 0 saturated heterocycles. The van der Waals surface area contributed by atoms with E-state index < -0.39 is 0 Å². The molecule has 0 nitrogen and oxygen atoms in total. The van der Waals surface area contributed by atoms with Crippen LogP contribution in [0, 0.1) is 5.41 Å². The highest BCUT2D eigenvalue weighted by Crippen LogP contribution is 2.26. The van der Waals surface area contributed by atoms with Crippen LogP contribution in [0.5, 0.6) is 0 Å². The summed E-state index contributed by atoms with van der Waals surface area (Å²) < 4.78 is 0. The molecule has 0 bridgehead atoms. The van der Waals surface area contributed by atoms with Crippen LogP contribution in [0.3, 0.4) is 0 Å². The molecule has 0 radical (unpaired) electrons. The minimum atomic E-state index is 0.500. The summed E-state index contributed by atoms with van der Waals surface area (Å²) in [6.45, 7) is 9.03. The summed E-state index contributed by atoms with van der Waals surface area (Å²) in [5.41, 5.74) is 0.500. The van der Waals surface area contributed by atoms with Gasteiger partial charge in [0, 0.05) is 0 Å². The quantitative estimate of drug-likeness (QED) is 0.402. The van der Waals surface area contributed by atoms with E-state index in [9.17, 15) is 0 Å². The van der Waals surface area contributed by atoms with Crippen LogP contribution in [-0.4, -0.2) is 7.85 Å². The molecule has 1 atom stereocenters. The molecular weight excluding hydrogens is 82.9 g/mol. The predicted octanol–water partition coefficient (Wildman–Crippen LogP) is 1.47. The second-order valence-corrected chi connectivity index (χ2v) is 3.52. The van der Waals surface area contributed by atoms with Crippen molar-refractivity contribution in [1.82, 2.24) is 0 Å². The Morgan fingerprint density at radius 1 is 1.29 bits per heavy atom. The van der Waals surface area contributed by atoms with Gasteiger partial charge in [0.25, 0.3) is 0 Å². The minimum Gasteiger partial charge on any atom is -0.0692 e. The maximum atomic E-state index is 2.26. The van der Waals surface area contributed by atoms with E-state index in [1.165, 1.54) is 0 Å². The molecule has 0 heterocycles. The first-order chi connectivity index (χ1) is 2.94. The molecular formula is C6H15B. The van der Waals surface area contributed by atoms with E-state index >= 15 is 0 Å². The summed E-state index contributed by atoms with van der Waals surface area (Å²) in [6.07, 6.45) is 0. The van der Waals surface area contributed by atoms with E-state index in [4.69, 9.17) is 0 Å². The van der Waals surface area contributed by atoms with E-state index in [-0.39, 0.29) is 0 Å². The van der Waals surface area contributed by atoms with Crippen LogP contribution in [-0.2, 0) is 0 Å². The molecule has 0 aromatic heterocycles. The first-order valence-electron chi connectivity index (χ1n) is 2.94. The van der Waals surface area contributed by atoms with E-state index in [1.54, 1.807) is 0 Å². The van der Waals surface area contributed by atoms with Gasteiger partial charge in [0.15, 0.2) is 0 Å². The summed E-state index contributed by atoms with van der Waals surface area (Å²) >= 11 is 0. The Kier molecular flexibility index (Phi) is 1.91. The van der Waals surface area contributed by atoms with Gasteiger partial charge in [-0.3, -0.25) is 0 Å². The van der Waals surface area contributed by atoms with Gasteiger partial charge >= 0.3 is 0 Å². The summed E-state index contributed by atoms with van der Waals surface area (Å²) in [7, 11) is 2.25. The van der Waals surface area contributed by atoms with E-state index in [0.29, 0.717) is 5.41 Å². The zero-order chi connectivity index (χ0) is 6.08. The highest BCUT2D eigenvalue weighted by Gasteiger charge is 2.13. The van der Waals surface area contributed by atoms with Crippen molar-refractivity contribution in [3.05, 3.63) is 0 Å².